The number of hydrogen-bond acceptors (Lipinski definition) is 1. The zero-order chi connectivity index (χ0) is 34.6. The number of hydrogen-bond donors (Lipinski definition) is 0. The Morgan fingerprint density at radius 2 is 0.923 bits per heavy atom. The van der Waals surface area contributed by atoms with Crippen LogP contribution in [0.2, 0.25) is 0 Å². The summed E-state index contributed by atoms with van der Waals surface area (Å²) in [7, 11) is 0. The first-order valence-corrected chi connectivity index (χ1v) is 18.0. The predicted molar refractivity (Wildman–Crippen MR) is 218 cm³/mol. The van der Waals surface area contributed by atoms with Crippen LogP contribution < -0.4 is 4.90 Å². The molecule has 9 aromatic rings. The highest BCUT2D eigenvalue weighted by molar-refractivity contribution is 6.10. The molecule has 10 rings (SSSR count). The summed E-state index contributed by atoms with van der Waals surface area (Å²) in [6.45, 7) is 2.40. The quantitative estimate of drug-likeness (QED) is 0.172. The van der Waals surface area contributed by atoms with Crippen LogP contribution in [0.25, 0.3) is 49.7 Å². The molecule has 2 nitrogen and oxygen atoms in total. The third kappa shape index (κ3) is 4.58. The highest BCUT2D eigenvalue weighted by Gasteiger charge is 2.42. The predicted octanol–water partition coefficient (Wildman–Crippen LogP) is 13.3. The Hall–Kier alpha value is -6.64. The summed E-state index contributed by atoms with van der Waals surface area (Å²) >= 11 is 0. The molecule has 1 aromatic heterocycles. The van der Waals surface area contributed by atoms with Crippen LogP contribution in [0.15, 0.2) is 200 Å². The summed E-state index contributed by atoms with van der Waals surface area (Å²) in [5.74, 6) is 0. The molecule has 0 N–H and O–H groups in total. The van der Waals surface area contributed by atoms with Gasteiger partial charge in [-0.1, -0.05) is 140 Å². The van der Waals surface area contributed by atoms with Crippen molar-refractivity contribution in [3.8, 4) is 27.9 Å². The Bertz CT molecular complexity index is 2690. The maximum absolute atomic E-state index is 2.42. The minimum atomic E-state index is -0.328. The number of fused-ring (bicyclic) bond motifs is 6. The van der Waals surface area contributed by atoms with Crippen LogP contribution in [0.3, 0.4) is 0 Å². The second-order valence-electron chi connectivity index (χ2n) is 13.9. The fourth-order valence-corrected chi connectivity index (χ4v) is 8.65. The van der Waals surface area contributed by atoms with Gasteiger partial charge >= 0.3 is 0 Å². The van der Waals surface area contributed by atoms with Gasteiger partial charge in [-0.25, -0.2) is 0 Å². The zero-order valence-corrected chi connectivity index (χ0v) is 28.9. The van der Waals surface area contributed by atoms with E-state index in [0.717, 1.165) is 11.4 Å². The molecule has 0 atom stereocenters. The first-order chi connectivity index (χ1) is 25.7. The van der Waals surface area contributed by atoms with Crippen LogP contribution in [-0.4, -0.2) is 4.57 Å². The van der Waals surface area contributed by atoms with Gasteiger partial charge in [-0.15, -0.1) is 0 Å². The lowest BCUT2D eigenvalue weighted by molar-refractivity contribution is 0.714. The number of rotatable bonds is 6. The lowest BCUT2D eigenvalue weighted by Gasteiger charge is -2.35. The van der Waals surface area contributed by atoms with E-state index in [-0.39, 0.29) is 5.41 Å². The average Bonchev–Trinajstić information content (AvgIpc) is 3.69. The topological polar surface area (TPSA) is 8.17 Å². The zero-order valence-electron chi connectivity index (χ0n) is 28.9. The average molecular weight is 665 g/mol. The molecule has 1 heterocycles. The molecule has 0 saturated heterocycles. The Kier molecular flexibility index (Phi) is 6.97. The summed E-state index contributed by atoms with van der Waals surface area (Å²) in [5, 5.41) is 2.52. The smallest absolute Gasteiger partial charge is 0.0541 e. The second kappa shape index (κ2) is 12.0. The second-order valence-corrected chi connectivity index (χ2v) is 13.9. The van der Waals surface area contributed by atoms with Crippen molar-refractivity contribution in [2.45, 2.75) is 12.3 Å². The highest BCUT2D eigenvalue weighted by atomic mass is 15.1. The van der Waals surface area contributed by atoms with Gasteiger partial charge < -0.3 is 9.47 Å². The molecule has 246 valence electrons. The molecule has 1 aliphatic rings. The van der Waals surface area contributed by atoms with Crippen LogP contribution in [-0.2, 0) is 5.41 Å². The molecule has 0 saturated carbocycles. The fourth-order valence-electron chi connectivity index (χ4n) is 8.65. The van der Waals surface area contributed by atoms with Gasteiger partial charge in [-0.2, -0.15) is 0 Å². The molecule has 0 radical (unpaired) electrons. The Balaban J connectivity index is 1.10. The van der Waals surface area contributed by atoms with Gasteiger partial charge in [0.25, 0.3) is 0 Å². The first kappa shape index (κ1) is 30.2. The number of para-hydroxylation sites is 4. The lowest BCUT2D eigenvalue weighted by atomic mass is 9.73. The van der Waals surface area contributed by atoms with Gasteiger partial charge in [-0.3, -0.25) is 0 Å². The van der Waals surface area contributed by atoms with Crippen molar-refractivity contribution in [1.82, 2.24) is 4.57 Å². The molecule has 0 unspecified atom stereocenters. The minimum Gasteiger partial charge on any atom is -0.310 e. The van der Waals surface area contributed by atoms with Gasteiger partial charge in [0, 0.05) is 33.2 Å². The van der Waals surface area contributed by atoms with Crippen LogP contribution in [0.1, 0.15) is 23.6 Å². The lowest BCUT2D eigenvalue weighted by Crippen LogP contribution is -2.25. The van der Waals surface area contributed by atoms with Gasteiger partial charge in [0.05, 0.1) is 16.7 Å². The minimum absolute atomic E-state index is 0.328. The van der Waals surface area contributed by atoms with E-state index in [1.165, 1.54) is 72.1 Å². The van der Waals surface area contributed by atoms with E-state index in [2.05, 4.69) is 217 Å². The Labute approximate surface area is 304 Å². The molecule has 2 heteroatoms. The summed E-state index contributed by atoms with van der Waals surface area (Å²) in [6, 6.07) is 72.9. The van der Waals surface area contributed by atoms with Gasteiger partial charge in [0.2, 0.25) is 0 Å². The molecule has 1 aliphatic carbocycles. The summed E-state index contributed by atoms with van der Waals surface area (Å²) in [4.78, 5) is 2.42. The van der Waals surface area contributed by atoms with Crippen molar-refractivity contribution in [3.05, 3.63) is 217 Å². The van der Waals surface area contributed by atoms with Crippen LogP contribution >= 0.6 is 0 Å². The van der Waals surface area contributed by atoms with Crippen LogP contribution in [0.5, 0.6) is 0 Å². The van der Waals surface area contributed by atoms with E-state index >= 15 is 0 Å². The molecule has 52 heavy (non-hydrogen) atoms. The van der Waals surface area contributed by atoms with E-state index in [1.54, 1.807) is 0 Å². The summed E-state index contributed by atoms with van der Waals surface area (Å²) in [6.07, 6.45) is 0. The maximum atomic E-state index is 2.42. The van der Waals surface area contributed by atoms with Crippen molar-refractivity contribution in [2.24, 2.45) is 0 Å². The van der Waals surface area contributed by atoms with Crippen molar-refractivity contribution in [1.29, 1.82) is 0 Å². The molecule has 0 aliphatic heterocycles. The molecule has 0 bridgehead atoms. The third-order valence-corrected chi connectivity index (χ3v) is 11.1. The SMILES string of the molecule is CC1(c2ccccc2N(c2ccccc2)c2ccc(-c3ccc4c(c3)c3ccccc3n4-c3ccccc3)cc2)c2ccccc2-c2ccccc21. The largest absolute Gasteiger partial charge is 0.310 e. The van der Waals surface area contributed by atoms with E-state index in [4.69, 9.17) is 0 Å². The van der Waals surface area contributed by atoms with Crippen molar-refractivity contribution < 1.29 is 0 Å². The van der Waals surface area contributed by atoms with E-state index in [0.29, 0.717) is 0 Å². The molecular formula is C50H36N2. The maximum Gasteiger partial charge on any atom is 0.0541 e. The molecule has 0 amide bonds. The van der Waals surface area contributed by atoms with Crippen molar-refractivity contribution >= 4 is 38.9 Å². The molecule has 8 aromatic carbocycles. The fraction of sp³-hybridized carbons (Fsp3) is 0.0400. The van der Waals surface area contributed by atoms with Gasteiger partial charge in [-0.05, 0) is 107 Å². The highest BCUT2D eigenvalue weighted by Crippen LogP contribution is 2.55. The molecular weight excluding hydrogens is 629 g/mol. The number of anilines is 3. The van der Waals surface area contributed by atoms with Crippen LogP contribution in [0.4, 0.5) is 17.1 Å². The van der Waals surface area contributed by atoms with Crippen molar-refractivity contribution in [2.75, 3.05) is 4.90 Å². The van der Waals surface area contributed by atoms with Crippen molar-refractivity contribution in [3.63, 3.8) is 0 Å². The first-order valence-electron chi connectivity index (χ1n) is 18.0. The summed E-state index contributed by atoms with van der Waals surface area (Å²) in [5.41, 5.74) is 15.7. The van der Waals surface area contributed by atoms with E-state index in [9.17, 15) is 0 Å². The summed E-state index contributed by atoms with van der Waals surface area (Å²) < 4.78 is 2.37. The van der Waals surface area contributed by atoms with E-state index < -0.39 is 0 Å². The van der Waals surface area contributed by atoms with E-state index in [1.807, 2.05) is 0 Å². The standard InChI is InChI=1S/C50H36N2/c1-50(44-23-11-8-20-40(44)41-21-9-12-24-45(41)50)46-25-13-15-27-49(46)51(37-16-4-2-5-17-37)39-31-28-35(29-32-39)36-30-33-48-43(34-36)42-22-10-14-26-47(42)52(48)38-18-6-3-7-19-38/h2-34H,1H3. The normalized spacial score (nSPS) is 12.9. The monoisotopic (exact) mass is 664 g/mol. The molecule has 0 fully saturated rings. The number of aromatic nitrogens is 1. The number of benzene rings is 8. The van der Waals surface area contributed by atoms with Gasteiger partial charge in [0.1, 0.15) is 0 Å². The molecule has 0 spiro atoms. The van der Waals surface area contributed by atoms with Crippen LogP contribution in [0, 0.1) is 0 Å². The number of nitrogens with zero attached hydrogens (tertiary/aromatic N) is 2. The third-order valence-electron chi connectivity index (χ3n) is 11.1. The van der Waals surface area contributed by atoms with Gasteiger partial charge in [0.15, 0.2) is 0 Å². The Morgan fingerprint density at radius 1 is 0.404 bits per heavy atom. The Morgan fingerprint density at radius 3 is 1.63 bits per heavy atom.